The first-order valence-corrected chi connectivity index (χ1v) is 11.8. The average Bonchev–Trinajstić information content (AvgIpc) is 3.17. The molecule has 0 unspecified atom stereocenters. The third-order valence-electron chi connectivity index (χ3n) is 4.96. The van der Waals surface area contributed by atoms with E-state index in [1.54, 1.807) is 35.6 Å². The predicted octanol–water partition coefficient (Wildman–Crippen LogP) is 6.23. The summed E-state index contributed by atoms with van der Waals surface area (Å²) in [5, 5.41) is 2.81. The number of hydrogen-bond donors (Lipinski definition) is 1. The molecule has 0 amide bonds. The molecule has 0 spiro atoms. The van der Waals surface area contributed by atoms with Crippen molar-refractivity contribution in [2.24, 2.45) is 0 Å². The minimum atomic E-state index is -3.67. The van der Waals surface area contributed by atoms with E-state index in [4.69, 9.17) is 4.98 Å². The van der Waals surface area contributed by atoms with Crippen LogP contribution in [-0.4, -0.2) is 13.4 Å². The molecule has 0 radical (unpaired) electrons. The summed E-state index contributed by atoms with van der Waals surface area (Å²) in [6.45, 7) is 2.05. The van der Waals surface area contributed by atoms with Crippen LogP contribution in [0, 0.1) is 6.92 Å². The standard InChI is InChI=1S/C24H18N2O2S2/c1-16-6-13-23-22(14-16)25-24(29-23)18-7-10-20(11-8-18)26-30(27,28)21-12-9-17-4-2-3-5-19(17)15-21/h2-15,26H,1H3. The summed E-state index contributed by atoms with van der Waals surface area (Å²) < 4.78 is 29.5. The zero-order valence-corrected chi connectivity index (χ0v) is 17.8. The molecule has 0 aliphatic heterocycles. The lowest BCUT2D eigenvalue weighted by atomic mass is 10.1. The number of aryl methyl sites for hydroxylation is 1. The molecule has 0 aliphatic rings. The maximum absolute atomic E-state index is 12.8. The summed E-state index contributed by atoms with van der Waals surface area (Å²) >= 11 is 1.63. The number of fused-ring (bicyclic) bond motifs is 2. The number of aromatic nitrogens is 1. The van der Waals surface area contributed by atoms with E-state index >= 15 is 0 Å². The summed E-state index contributed by atoms with van der Waals surface area (Å²) in [4.78, 5) is 4.95. The Bertz CT molecular complexity index is 1490. The van der Waals surface area contributed by atoms with E-state index in [0.717, 1.165) is 31.6 Å². The topological polar surface area (TPSA) is 59.1 Å². The molecule has 5 rings (SSSR count). The Morgan fingerprint density at radius 1 is 0.833 bits per heavy atom. The van der Waals surface area contributed by atoms with Crippen molar-refractivity contribution in [3.63, 3.8) is 0 Å². The van der Waals surface area contributed by atoms with Gasteiger partial charge in [0.15, 0.2) is 0 Å². The Balaban J connectivity index is 1.41. The van der Waals surface area contributed by atoms with Crippen LogP contribution in [0.4, 0.5) is 5.69 Å². The molecule has 5 aromatic rings. The summed E-state index contributed by atoms with van der Waals surface area (Å²) in [6.07, 6.45) is 0. The van der Waals surface area contributed by atoms with Gasteiger partial charge in [-0.1, -0.05) is 36.4 Å². The zero-order chi connectivity index (χ0) is 20.7. The number of nitrogens with zero attached hydrogens (tertiary/aromatic N) is 1. The van der Waals surface area contributed by atoms with Gasteiger partial charge in [-0.3, -0.25) is 4.72 Å². The number of sulfonamides is 1. The molecule has 4 aromatic carbocycles. The van der Waals surface area contributed by atoms with Crippen molar-refractivity contribution in [3.8, 4) is 10.6 Å². The molecule has 0 fully saturated rings. The molecule has 0 aliphatic carbocycles. The van der Waals surface area contributed by atoms with Crippen molar-refractivity contribution in [2.45, 2.75) is 11.8 Å². The van der Waals surface area contributed by atoms with Gasteiger partial charge in [0, 0.05) is 11.3 Å². The van der Waals surface area contributed by atoms with Gasteiger partial charge in [0.1, 0.15) is 5.01 Å². The molecular formula is C24H18N2O2S2. The van der Waals surface area contributed by atoms with Gasteiger partial charge in [-0.15, -0.1) is 11.3 Å². The molecule has 0 atom stereocenters. The Morgan fingerprint density at radius 3 is 2.40 bits per heavy atom. The highest BCUT2D eigenvalue weighted by Gasteiger charge is 2.15. The molecule has 6 heteroatoms. The van der Waals surface area contributed by atoms with Crippen LogP contribution in [0.5, 0.6) is 0 Å². The maximum Gasteiger partial charge on any atom is 0.261 e. The average molecular weight is 431 g/mol. The smallest absolute Gasteiger partial charge is 0.261 e. The van der Waals surface area contributed by atoms with Crippen molar-refractivity contribution in [1.82, 2.24) is 4.98 Å². The van der Waals surface area contributed by atoms with Crippen LogP contribution in [0.2, 0.25) is 0 Å². The van der Waals surface area contributed by atoms with Gasteiger partial charge < -0.3 is 0 Å². The number of benzene rings is 4. The van der Waals surface area contributed by atoms with Gasteiger partial charge in [-0.2, -0.15) is 0 Å². The largest absolute Gasteiger partial charge is 0.280 e. The lowest BCUT2D eigenvalue weighted by Gasteiger charge is -2.09. The summed E-state index contributed by atoms with van der Waals surface area (Å²) in [5.41, 5.74) is 3.64. The van der Waals surface area contributed by atoms with Crippen molar-refractivity contribution < 1.29 is 8.42 Å². The van der Waals surface area contributed by atoms with E-state index in [9.17, 15) is 8.42 Å². The molecule has 1 N–H and O–H groups in total. The van der Waals surface area contributed by atoms with Crippen molar-refractivity contribution in [3.05, 3.63) is 90.5 Å². The summed E-state index contributed by atoms with van der Waals surface area (Å²) in [6, 6.07) is 26.4. The van der Waals surface area contributed by atoms with Crippen LogP contribution in [0.1, 0.15) is 5.56 Å². The highest BCUT2D eigenvalue weighted by Crippen LogP contribution is 2.31. The Labute approximate surface area is 178 Å². The first-order chi connectivity index (χ1) is 14.5. The maximum atomic E-state index is 12.8. The Hall–Kier alpha value is -3.22. The minimum Gasteiger partial charge on any atom is -0.280 e. The fourth-order valence-corrected chi connectivity index (χ4v) is 5.44. The van der Waals surface area contributed by atoms with Crippen LogP contribution in [0.3, 0.4) is 0 Å². The van der Waals surface area contributed by atoms with E-state index in [1.807, 2.05) is 42.5 Å². The van der Waals surface area contributed by atoms with Crippen LogP contribution < -0.4 is 4.72 Å². The summed E-state index contributed by atoms with van der Waals surface area (Å²) in [5.74, 6) is 0. The van der Waals surface area contributed by atoms with Gasteiger partial charge >= 0.3 is 0 Å². The van der Waals surface area contributed by atoms with Crippen molar-refractivity contribution in [2.75, 3.05) is 4.72 Å². The number of rotatable bonds is 4. The van der Waals surface area contributed by atoms with Gasteiger partial charge in [0.25, 0.3) is 10.0 Å². The number of thiazole rings is 1. The number of hydrogen-bond acceptors (Lipinski definition) is 4. The molecule has 0 saturated carbocycles. The first kappa shape index (κ1) is 18.8. The molecule has 30 heavy (non-hydrogen) atoms. The van der Waals surface area contributed by atoms with Crippen LogP contribution in [-0.2, 0) is 10.0 Å². The fraction of sp³-hybridized carbons (Fsp3) is 0.0417. The van der Waals surface area contributed by atoms with Crippen LogP contribution in [0.25, 0.3) is 31.6 Å². The van der Waals surface area contributed by atoms with Gasteiger partial charge in [0.2, 0.25) is 0 Å². The highest BCUT2D eigenvalue weighted by atomic mass is 32.2. The normalized spacial score (nSPS) is 11.8. The molecule has 4 nitrogen and oxygen atoms in total. The molecule has 0 bridgehead atoms. The minimum absolute atomic E-state index is 0.242. The quantitative estimate of drug-likeness (QED) is 0.368. The summed E-state index contributed by atoms with van der Waals surface area (Å²) in [7, 11) is -3.67. The van der Waals surface area contributed by atoms with E-state index < -0.39 is 10.0 Å². The van der Waals surface area contributed by atoms with Crippen molar-refractivity contribution in [1.29, 1.82) is 0 Å². The molecule has 1 heterocycles. The van der Waals surface area contributed by atoms with Crippen LogP contribution >= 0.6 is 11.3 Å². The highest BCUT2D eigenvalue weighted by molar-refractivity contribution is 7.92. The lowest BCUT2D eigenvalue weighted by Crippen LogP contribution is -2.12. The zero-order valence-electron chi connectivity index (χ0n) is 16.2. The first-order valence-electron chi connectivity index (χ1n) is 9.47. The Kier molecular flexibility index (Phi) is 4.53. The molecule has 148 valence electrons. The second-order valence-corrected chi connectivity index (χ2v) is 9.90. The Morgan fingerprint density at radius 2 is 1.60 bits per heavy atom. The third kappa shape index (κ3) is 3.56. The predicted molar refractivity (Wildman–Crippen MR) is 125 cm³/mol. The number of anilines is 1. The number of nitrogens with one attached hydrogen (secondary N) is 1. The lowest BCUT2D eigenvalue weighted by molar-refractivity contribution is 0.601. The second kappa shape index (κ2) is 7.23. The second-order valence-electron chi connectivity index (χ2n) is 7.18. The van der Waals surface area contributed by atoms with Crippen LogP contribution in [0.15, 0.2) is 89.8 Å². The molecule has 0 saturated heterocycles. The third-order valence-corrected chi connectivity index (χ3v) is 7.42. The monoisotopic (exact) mass is 430 g/mol. The van der Waals surface area contributed by atoms with Crippen molar-refractivity contribution >= 4 is 48.0 Å². The molecule has 1 aromatic heterocycles. The van der Waals surface area contributed by atoms with Gasteiger partial charge in [-0.25, -0.2) is 13.4 Å². The van der Waals surface area contributed by atoms with Gasteiger partial charge in [-0.05, 0) is 71.8 Å². The molecular weight excluding hydrogens is 412 g/mol. The van der Waals surface area contributed by atoms with Gasteiger partial charge in [0.05, 0.1) is 15.1 Å². The SMILES string of the molecule is Cc1ccc2sc(-c3ccc(NS(=O)(=O)c4ccc5ccccc5c4)cc3)nc2c1. The van der Waals surface area contributed by atoms with E-state index in [1.165, 1.54) is 5.56 Å². The van der Waals surface area contributed by atoms with E-state index in [0.29, 0.717) is 5.69 Å². The van der Waals surface area contributed by atoms with E-state index in [2.05, 4.69) is 29.8 Å². The van der Waals surface area contributed by atoms with E-state index in [-0.39, 0.29) is 4.90 Å². The fourth-order valence-electron chi connectivity index (χ4n) is 3.39.